The van der Waals surface area contributed by atoms with Gasteiger partial charge in [0.2, 0.25) is 7.44 Å². The summed E-state index contributed by atoms with van der Waals surface area (Å²) in [6.07, 6.45) is 0.441. The van der Waals surface area contributed by atoms with Crippen molar-refractivity contribution >= 4 is 13.1 Å². The zero-order valence-corrected chi connectivity index (χ0v) is 11.2. The summed E-state index contributed by atoms with van der Waals surface area (Å²) < 4.78 is 16.1. The molecule has 4 nitrogen and oxygen atoms in total. The average molecular weight is 241 g/mol. The lowest BCUT2D eigenvalue weighted by atomic mass is 10.3. The van der Waals surface area contributed by atoms with Crippen LogP contribution in [0.2, 0.25) is 0 Å². The van der Waals surface area contributed by atoms with E-state index in [4.69, 9.17) is 0 Å². The van der Waals surface area contributed by atoms with E-state index < -0.39 is 7.44 Å². The summed E-state index contributed by atoms with van der Waals surface area (Å²) in [5.74, 6) is 0. The van der Waals surface area contributed by atoms with Crippen LogP contribution < -0.4 is 5.32 Å². The molecule has 0 aliphatic rings. The predicted molar refractivity (Wildman–Crippen MR) is 69.9 cm³/mol. The van der Waals surface area contributed by atoms with Crippen molar-refractivity contribution in [2.24, 2.45) is 0 Å². The molecule has 0 fully saturated rings. The summed E-state index contributed by atoms with van der Waals surface area (Å²) in [7, 11) is 4.89. The molecule has 0 aliphatic carbocycles. The summed E-state index contributed by atoms with van der Waals surface area (Å²) >= 11 is 0. The molecule has 0 atom stereocenters. The third-order valence-electron chi connectivity index (χ3n) is 2.51. The van der Waals surface area contributed by atoms with E-state index in [1.54, 1.807) is 9.34 Å². The van der Waals surface area contributed by atoms with E-state index in [-0.39, 0.29) is 0 Å². The van der Waals surface area contributed by atoms with Crippen molar-refractivity contribution in [1.82, 2.24) is 9.34 Å². The van der Waals surface area contributed by atoms with Crippen molar-refractivity contribution in [1.29, 1.82) is 0 Å². The molecule has 5 heteroatoms. The van der Waals surface area contributed by atoms with Crippen molar-refractivity contribution in [3.8, 4) is 0 Å². The molecule has 0 amide bonds. The van der Waals surface area contributed by atoms with E-state index >= 15 is 0 Å². The monoisotopic (exact) mass is 241 g/mol. The summed E-state index contributed by atoms with van der Waals surface area (Å²) in [4.78, 5) is 0. The molecule has 0 unspecified atom stereocenters. The van der Waals surface area contributed by atoms with E-state index in [9.17, 15) is 4.57 Å². The van der Waals surface area contributed by atoms with Gasteiger partial charge in [-0.2, -0.15) is 0 Å². The average Bonchev–Trinajstić information content (AvgIpc) is 2.26. The van der Waals surface area contributed by atoms with Crippen LogP contribution in [0.4, 0.5) is 5.69 Å². The minimum Gasteiger partial charge on any atom is -0.376 e. The number of para-hydroxylation sites is 1. The van der Waals surface area contributed by atoms with Crippen molar-refractivity contribution in [2.45, 2.75) is 0 Å². The summed E-state index contributed by atoms with van der Waals surface area (Å²) in [6.45, 7) is 0. The molecule has 0 saturated carbocycles. The second-order valence-corrected chi connectivity index (χ2v) is 7.31. The number of benzene rings is 1. The van der Waals surface area contributed by atoms with E-state index in [2.05, 4.69) is 5.32 Å². The molecule has 0 aliphatic heterocycles. The molecular weight excluding hydrogens is 221 g/mol. The van der Waals surface area contributed by atoms with Crippen molar-refractivity contribution in [2.75, 3.05) is 39.8 Å². The van der Waals surface area contributed by atoms with Crippen LogP contribution in [-0.2, 0) is 4.57 Å². The van der Waals surface area contributed by atoms with Gasteiger partial charge in [0.1, 0.15) is 0 Å². The van der Waals surface area contributed by atoms with Gasteiger partial charge in [-0.25, -0.2) is 9.34 Å². The summed E-state index contributed by atoms with van der Waals surface area (Å²) in [6, 6.07) is 9.81. The van der Waals surface area contributed by atoms with E-state index in [1.165, 1.54) is 0 Å². The summed E-state index contributed by atoms with van der Waals surface area (Å²) in [5.41, 5.74) is 0.992. The Morgan fingerprint density at radius 2 is 1.56 bits per heavy atom. The Morgan fingerprint density at radius 3 is 2.00 bits per heavy atom. The van der Waals surface area contributed by atoms with Gasteiger partial charge >= 0.3 is 0 Å². The fraction of sp³-hybridized carbons (Fsp3) is 0.455. The van der Waals surface area contributed by atoms with E-state index in [0.717, 1.165) is 5.69 Å². The number of anilines is 1. The number of hydrogen-bond acceptors (Lipinski definition) is 2. The smallest absolute Gasteiger partial charge is 0.234 e. The van der Waals surface area contributed by atoms with Gasteiger partial charge in [0.05, 0.1) is 6.29 Å². The molecule has 1 aromatic rings. The maximum atomic E-state index is 12.6. The highest BCUT2D eigenvalue weighted by Gasteiger charge is 2.27. The van der Waals surface area contributed by atoms with Crippen molar-refractivity contribution < 1.29 is 4.57 Å². The standard InChI is InChI=1S/C11H20N3OP/c1-13(2)16(15,14(3)4)10-12-11-8-6-5-7-9-11/h5-9,12H,10H2,1-4H3. The minimum atomic E-state index is -2.47. The summed E-state index contributed by atoms with van der Waals surface area (Å²) in [5, 5.41) is 3.20. The van der Waals surface area contributed by atoms with Crippen LogP contribution in [0, 0.1) is 0 Å². The van der Waals surface area contributed by atoms with Crippen LogP contribution in [0.5, 0.6) is 0 Å². The highest BCUT2D eigenvalue weighted by molar-refractivity contribution is 7.59. The molecule has 1 rings (SSSR count). The zero-order valence-electron chi connectivity index (χ0n) is 10.3. The van der Waals surface area contributed by atoms with E-state index in [0.29, 0.717) is 6.29 Å². The second-order valence-electron chi connectivity index (χ2n) is 4.06. The molecule has 16 heavy (non-hydrogen) atoms. The predicted octanol–water partition coefficient (Wildman–Crippen LogP) is 2.37. The lowest BCUT2D eigenvalue weighted by Gasteiger charge is -2.30. The maximum Gasteiger partial charge on any atom is 0.234 e. The van der Waals surface area contributed by atoms with Crippen LogP contribution in [0.15, 0.2) is 30.3 Å². The van der Waals surface area contributed by atoms with Crippen LogP contribution in [0.1, 0.15) is 0 Å². The molecular formula is C11H20N3OP. The quantitative estimate of drug-likeness (QED) is 0.803. The first-order valence-electron chi connectivity index (χ1n) is 5.20. The van der Waals surface area contributed by atoms with Gasteiger partial charge in [0.15, 0.2) is 0 Å². The molecule has 0 radical (unpaired) electrons. The van der Waals surface area contributed by atoms with Gasteiger partial charge in [0, 0.05) is 5.69 Å². The zero-order chi connectivity index (χ0) is 12.2. The lowest BCUT2D eigenvalue weighted by Crippen LogP contribution is -2.25. The Bertz CT molecular complexity index is 353. The van der Waals surface area contributed by atoms with Gasteiger partial charge in [-0.15, -0.1) is 0 Å². The number of hydrogen-bond donors (Lipinski definition) is 1. The van der Waals surface area contributed by atoms with Gasteiger partial charge in [-0.1, -0.05) is 18.2 Å². The largest absolute Gasteiger partial charge is 0.376 e. The fourth-order valence-electron chi connectivity index (χ4n) is 1.39. The molecule has 0 saturated heterocycles. The lowest BCUT2D eigenvalue weighted by molar-refractivity contribution is 0.450. The molecule has 0 aromatic heterocycles. The van der Waals surface area contributed by atoms with Gasteiger partial charge in [0.25, 0.3) is 0 Å². The Morgan fingerprint density at radius 1 is 1.06 bits per heavy atom. The first-order valence-corrected chi connectivity index (χ1v) is 7.00. The number of rotatable bonds is 5. The topological polar surface area (TPSA) is 35.6 Å². The molecule has 90 valence electrons. The number of nitrogens with zero attached hydrogens (tertiary/aromatic N) is 2. The Balaban J connectivity index is 2.69. The third kappa shape index (κ3) is 3.08. The van der Waals surface area contributed by atoms with Crippen LogP contribution in [0.25, 0.3) is 0 Å². The highest BCUT2D eigenvalue weighted by atomic mass is 31.2. The Kier molecular flexibility index (Phi) is 4.54. The van der Waals surface area contributed by atoms with Crippen molar-refractivity contribution in [3.05, 3.63) is 30.3 Å². The number of nitrogens with one attached hydrogen (secondary N) is 1. The fourth-order valence-corrected chi connectivity index (χ4v) is 3.06. The molecule has 0 spiro atoms. The minimum absolute atomic E-state index is 0.441. The van der Waals surface area contributed by atoms with Crippen LogP contribution >= 0.6 is 7.44 Å². The third-order valence-corrected chi connectivity index (χ3v) is 5.58. The molecule has 0 bridgehead atoms. The normalized spacial score (nSPS) is 12.1. The van der Waals surface area contributed by atoms with Gasteiger partial charge < -0.3 is 5.32 Å². The highest BCUT2D eigenvalue weighted by Crippen LogP contribution is 2.48. The second kappa shape index (κ2) is 5.48. The molecule has 1 N–H and O–H groups in total. The molecule has 0 heterocycles. The van der Waals surface area contributed by atoms with Crippen LogP contribution in [0.3, 0.4) is 0 Å². The maximum absolute atomic E-state index is 12.6. The van der Waals surface area contributed by atoms with Crippen molar-refractivity contribution in [3.63, 3.8) is 0 Å². The first kappa shape index (κ1) is 13.2. The first-order chi connectivity index (χ1) is 7.47. The van der Waals surface area contributed by atoms with E-state index in [1.807, 2.05) is 58.5 Å². The van der Waals surface area contributed by atoms with Crippen LogP contribution in [-0.4, -0.2) is 43.8 Å². The Labute approximate surface area is 97.7 Å². The van der Waals surface area contributed by atoms with Gasteiger partial charge in [-0.3, -0.25) is 4.57 Å². The molecule has 1 aromatic carbocycles. The Hall–Kier alpha value is -0.830. The van der Waals surface area contributed by atoms with Gasteiger partial charge in [-0.05, 0) is 40.3 Å². The SMILES string of the molecule is CN(C)P(=O)(CNc1ccccc1)N(C)C.